The minimum absolute atomic E-state index is 0.0122. The van der Waals surface area contributed by atoms with E-state index in [0.717, 1.165) is 24.1 Å². The number of nitrogens with zero attached hydrogens (tertiary/aromatic N) is 2. The maximum absolute atomic E-state index is 12.3. The lowest BCUT2D eigenvalue weighted by Gasteiger charge is -2.32. The summed E-state index contributed by atoms with van der Waals surface area (Å²) in [6.45, 7) is 4.43. The van der Waals surface area contributed by atoms with Crippen LogP contribution in [0.2, 0.25) is 0 Å². The van der Waals surface area contributed by atoms with E-state index in [-0.39, 0.29) is 24.3 Å². The van der Waals surface area contributed by atoms with Crippen molar-refractivity contribution < 1.29 is 14.3 Å². The third-order valence-corrected chi connectivity index (χ3v) is 4.17. The largest absolute Gasteiger partial charge is 0.383 e. The van der Waals surface area contributed by atoms with Gasteiger partial charge in [-0.15, -0.1) is 0 Å². The lowest BCUT2D eigenvalue weighted by molar-refractivity contribution is -0.138. The van der Waals surface area contributed by atoms with Crippen LogP contribution in [0.1, 0.15) is 18.4 Å². The van der Waals surface area contributed by atoms with E-state index in [1.165, 1.54) is 7.11 Å². The molecule has 2 heterocycles. The van der Waals surface area contributed by atoms with E-state index in [1.54, 1.807) is 17.3 Å². The summed E-state index contributed by atoms with van der Waals surface area (Å²) >= 11 is 0. The Hall–Kier alpha value is -2.15. The SMILES string of the molecule is COCC(=O)N1CCC[C@H](C(=O)NCCNc2ccncc2C)C1. The number of hydrogen-bond donors (Lipinski definition) is 2. The Morgan fingerprint density at radius 1 is 1.42 bits per heavy atom. The molecular weight excluding hydrogens is 308 g/mol. The molecule has 132 valence electrons. The molecule has 2 N–H and O–H groups in total. The zero-order valence-electron chi connectivity index (χ0n) is 14.4. The van der Waals surface area contributed by atoms with Crippen molar-refractivity contribution in [3.63, 3.8) is 0 Å². The lowest BCUT2D eigenvalue weighted by atomic mass is 9.97. The van der Waals surface area contributed by atoms with Crippen LogP contribution in [-0.2, 0) is 14.3 Å². The first-order valence-corrected chi connectivity index (χ1v) is 8.30. The number of nitrogens with one attached hydrogen (secondary N) is 2. The van der Waals surface area contributed by atoms with Gasteiger partial charge in [-0.1, -0.05) is 0 Å². The standard InChI is InChI=1S/C17H26N4O3/c1-13-10-18-6-5-15(13)19-7-8-20-17(23)14-4-3-9-21(11-14)16(22)12-24-2/h5-6,10,14H,3-4,7-9,11-12H2,1-2H3,(H,18,19)(H,20,23)/t14-/m0/s1. The van der Waals surface area contributed by atoms with Gasteiger partial charge in [0.05, 0.1) is 5.92 Å². The first-order chi connectivity index (χ1) is 11.6. The molecule has 1 aliphatic rings. The van der Waals surface area contributed by atoms with Crippen molar-refractivity contribution in [3.05, 3.63) is 24.0 Å². The van der Waals surface area contributed by atoms with Gasteiger partial charge >= 0.3 is 0 Å². The van der Waals surface area contributed by atoms with Crippen molar-refractivity contribution in [2.24, 2.45) is 5.92 Å². The molecule has 1 saturated heterocycles. The van der Waals surface area contributed by atoms with E-state index >= 15 is 0 Å². The summed E-state index contributed by atoms with van der Waals surface area (Å²) in [6, 6.07) is 1.91. The summed E-state index contributed by atoms with van der Waals surface area (Å²) in [5.41, 5.74) is 2.09. The predicted octanol–water partition coefficient (Wildman–Crippen LogP) is 0.803. The Morgan fingerprint density at radius 3 is 3.00 bits per heavy atom. The van der Waals surface area contributed by atoms with E-state index in [2.05, 4.69) is 15.6 Å². The van der Waals surface area contributed by atoms with Gasteiger partial charge in [0.25, 0.3) is 0 Å². The van der Waals surface area contributed by atoms with Crippen molar-refractivity contribution in [2.75, 3.05) is 45.2 Å². The van der Waals surface area contributed by atoms with Gasteiger partial charge in [0.15, 0.2) is 0 Å². The fourth-order valence-corrected chi connectivity index (χ4v) is 2.83. The average molecular weight is 334 g/mol. The number of anilines is 1. The molecule has 7 heteroatoms. The topological polar surface area (TPSA) is 83.6 Å². The fraction of sp³-hybridized carbons (Fsp3) is 0.588. The third-order valence-electron chi connectivity index (χ3n) is 4.17. The van der Waals surface area contributed by atoms with Crippen LogP contribution in [0.15, 0.2) is 18.5 Å². The second kappa shape index (κ2) is 9.22. The minimum Gasteiger partial charge on any atom is -0.383 e. The van der Waals surface area contributed by atoms with Gasteiger partial charge < -0.3 is 20.3 Å². The molecule has 2 amide bonds. The Balaban J connectivity index is 1.72. The zero-order chi connectivity index (χ0) is 17.4. The van der Waals surface area contributed by atoms with Crippen molar-refractivity contribution in [2.45, 2.75) is 19.8 Å². The second-order valence-corrected chi connectivity index (χ2v) is 6.02. The quantitative estimate of drug-likeness (QED) is 0.721. The van der Waals surface area contributed by atoms with Crippen LogP contribution < -0.4 is 10.6 Å². The summed E-state index contributed by atoms with van der Waals surface area (Å²) in [4.78, 5) is 29.9. The second-order valence-electron chi connectivity index (χ2n) is 6.02. The molecule has 1 atom stereocenters. The van der Waals surface area contributed by atoms with E-state index in [1.807, 2.05) is 13.0 Å². The average Bonchev–Trinajstić information content (AvgIpc) is 2.60. The number of aromatic nitrogens is 1. The lowest BCUT2D eigenvalue weighted by Crippen LogP contribution is -2.47. The number of amides is 2. The molecule has 0 unspecified atom stereocenters. The van der Waals surface area contributed by atoms with Crippen molar-refractivity contribution in [1.29, 1.82) is 0 Å². The first kappa shape index (κ1) is 18.2. The van der Waals surface area contributed by atoms with Gasteiger partial charge in [-0.3, -0.25) is 14.6 Å². The monoisotopic (exact) mass is 334 g/mol. The van der Waals surface area contributed by atoms with Crippen LogP contribution in [-0.4, -0.2) is 61.6 Å². The molecule has 0 saturated carbocycles. The molecule has 1 fully saturated rings. The van der Waals surface area contributed by atoms with E-state index < -0.39 is 0 Å². The first-order valence-electron chi connectivity index (χ1n) is 8.30. The van der Waals surface area contributed by atoms with E-state index in [0.29, 0.717) is 26.2 Å². The van der Waals surface area contributed by atoms with Crippen LogP contribution in [0.3, 0.4) is 0 Å². The normalized spacial score (nSPS) is 17.4. The Bertz CT molecular complexity index is 565. The number of ether oxygens (including phenoxy) is 1. The third kappa shape index (κ3) is 5.19. The molecule has 2 rings (SSSR count). The number of likely N-dealkylation sites (tertiary alicyclic amines) is 1. The number of hydrogen-bond acceptors (Lipinski definition) is 5. The summed E-state index contributed by atoms with van der Waals surface area (Å²) in [5, 5.41) is 6.23. The van der Waals surface area contributed by atoms with Crippen molar-refractivity contribution in [1.82, 2.24) is 15.2 Å². The molecular formula is C17H26N4O3. The van der Waals surface area contributed by atoms with Crippen molar-refractivity contribution in [3.8, 4) is 0 Å². The van der Waals surface area contributed by atoms with Crippen LogP contribution in [0.4, 0.5) is 5.69 Å². The molecule has 0 aliphatic carbocycles. The highest BCUT2D eigenvalue weighted by Gasteiger charge is 2.27. The molecule has 1 aromatic rings. The number of piperidine rings is 1. The number of rotatable bonds is 7. The van der Waals surface area contributed by atoms with Crippen LogP contribution >= 0.6 is 0 Å². The highest BCUT2D eigenvalue weighted by atomic mass is 16.5. The number of carbonyl (C=O) groups is 2. The number of pyridine rings is 1. The van der Waals surface area contributed by atoms with Crippen molar-refractivity contribution >= 4 is 17.5 Å². The summed E-state index contributed by atoms with van der Waals surface area (Å²) in [5.74, 6) is -0.176. The zero-order valence-corrected chi connectivity index (χ0v) is 14.4. The molecule has 24 heavy (non-hydrogen) atoms. The Morgan fingerprint density at radius 2 is 2.25 bits per heavy atom. The van der Waals surface area contributed by atoms with Gasteiger partial charge in [0, 0.05) is 51.4 Å². The molecule has 0 bridgehead atoms. The van der Waals surface area contributed by atoms with Crippen LogP contribution in [0, 0.1) is 12.8 Å². The molecule has 1 aliphatic heterocycles. The van der Waals surface area contributed by atoms with Crippen LogP contribution in [0.25, 0.3) is 0 Å². The predicted molar refractivity (Wildman–Crippen MR) is 91.7 cm³/mol. The summed E-state index contributed by atoms with van der Waals surface area (Å²) in [7, 11) is 1.50. The van der Waals surface area contributed by atoms with Gasteiger partial charge in [-0.2, -0.15) is 0 Å². The van der Waals surface area contributed by atoms with Gasteiger partial charge in [-0.25, -0.2) is 0 Å². The fourth-order valence-electron chi connectivity index (χ4n) is 2.83. The minimum atomic E-state index is -0.137. The number of carbonyl (C=O) groups excluding carboxylic acids is 2. The summed E-state index contributed by atoms with van der Waals surface area (Å²) in [6.07, 6.45) is 5.21. The van der Waals surface area contributed by atoms with Gasteiger partial charge in [0.1, 0.15) is 6.61 Å². The molecule has 1 aromatic heterocycles. The highest BCUT2D eigenvalue weighted by molar-refractivity contribution is 5.81. The summed E-state index contributed by atoms with van der Waals surface area (Å²) < 4.78 is 4.88. The Labute approximate surface area is 142 Å². The highest BCUT2D eigenvalue weighted by Crippen LogP contribution is 2.17. The van der Waals surface area contributed by atoms with Crippen LogP contribution in [0.5, 0.6) is 0 Å². The van der Waals surface area contributed by atoms with Gasteiger partial charge in [-0.05, 0) is 31.4 Å². The maximum Gasteiger partial charge on any atom is 0.248 e. The molecule has 0 aromatic carbocycles. The van der Waals surface area contributed by atoms with Gasteiger partial charge in [0.2, 0.25) is 11.8 Å². The molecule has 0 spiro atoms. The molecule has 0 radical (unpaired) electrons. The Kier molecular flexibility index (Phi) is 6.99. The van der Waals surface area contributed by atoms with E-state index in [9.17, 15) is 9.59 Å². The van der Waals surface area contributed by atoms with E-state index in [4.69, 9.17) is 4.74 Å². The smallest absolute Gasteiger partial charge is 0.248 e. The number of aryl methyl sites for hydroxylation is 1. The maximum atomic E-state index is 12.3. The molecule has 7 nitrogen and oxygen atoms in total. The number of methoxy groups -OCH3 is 1.